The van der Waals surface area contributed by atoms with Gasteiger partial charge in [0.25, 0.3) is 0 Å². The number of hydrogen-bond acceptors (Lipinski definition) is 4. The van der Waals surface area contributed by atoms with Crippen LogP contribution in [0, 0.1) is 0 Å². The lowest BCUT2D eigenvalue weighted by molar-refractivity contribution is -0.138. The molecule has 0 spiro atoms. The maximum absolute atomic E-state index is 10.8. The lowest BCUT2D eigenvalue weighted by atomic mass is 10.0. The van der Waals surface area contributed by atoms with Gasteiger partial charge in [-0.3, -0.25) is 9.36 Å². The van der Waals surface area contributed by atoms with Crippen LogP contribution in [0.4, 0.5) is 0 Å². The van der Waals surface area contributed by atoms with Gasteiger partial charge in [0.15, 0.2) is 0 Å². The summed E-state index contributed by atoms with van der Waals surface area (Å²) in [4.78, 5) is 28.3. The molecule has 0 heterocycles. The molecule has 0 aliphatic rings. The third kappa shape index (κ3) is 4.46. The number of benzene rings is 1. The average molecular weight is 275 g/mol. The molecule has 0 bridgehead atoms. The van der Waals surface area contributed by atoms with E-state index in [0.717, 1.165) is 0 Å². The fraction of sp³-hybridized carbons (Fsp3) is 0.300. The van der Waals surface area contributed by atoms with Crippen LogP contribution in [-0.2, 0) is 21.9 Å². The lowest BCUT2D eigenvalue weighted by Gasteiger charge is -2.11. The van der Waals surface area contributed by atoms with Crippen molar-refractivity contribution in [1.29, 1.82) is 0 Å². The highest BCUT2D eigenvalue weighted by atomic mass is 31.2. The van der Waals surface area contributed by atoms with Gasteiger partial charge in [0.2, 0.25) is 0 Å². The molecule has 100 valence electrons. The van der Waals surface area contributed by atoms with Crippen LogP contribution in [-0.4, -0.2) is 32.0 Å². The van der Waals surface area contributed by atoms with Crippen molar-refractivity contribution < 1.29 is 29.4 Å². The van der Waals surface area contributed by atoms with Crippen LogP contribution >= 0.6 is 7.60 Å². The molecule has 1 aromatic rings. The minimum absolute atomic E-state index is 0.115. The lowest BCUT2D eigenvalue weighted by Crippen LogP contribution is -2.32. The second-order valence-electron chi connectivity index (χ2n) is 3.93. The van der Waals surface area contributed by atoms with Crippen molar-refractivity contribution in [2.45, 2.75) is 18.6 Å². The second-order valence-corrected chi connectivity index (χ2v) is 5.58. The Balaban J connectivity index is 2.94. The van der Waals surface area contributed by atoms with Crippen LogP contribution in [0.5, 0.6) is 5.75 Å². The van der Waals surface area contributed by atoms with E-state index in [-0.39, 0.29) is 17.7 Å². The van der Waals surface area contributed by atoms with Gasteiger partial charge in [-0.2, -0.15) is 0 Å². The molecule has 0 unspecified atom stereocenters. The Morgan fingerprint density at radius 2 is 2.00 bits per heavy atom. The molecule has 1 atom stereocenters. The van der Waals surface area contributed by atoms with E-state index < -0.39 is 25.8 Å². The van der Waals surface area contributed by atoms with Gasteiger partial charge in [0.05, 0.1) is 6.16 Å². The fourth-order valence-electron chi connectivity index (χ4n) is 1.46. The molecule has 0 aliphatic heterocycles. The summed E-state index contributed by atoms with van der Waals surface area (Å²) in [6.45, 7) is 0. The van der Waals surface area contributed by atoms with E-state index in [1.54, 1.807) is 0 Å². The summed E-state index contributed by atoms with van der Waals surface area (Å²) in [6.07, 6.45) is -0.585. The summed E-state index contributed by atoms with van der Waals surface area (Å²) in [6, 6.07) is 2.79. The molecule has 1 aromatic carbocycles. The van der Waals surface area contributed by atoms with Crippen LogP contribution in [0.15, 0.2) is 18.2 Å². The smallest absolute Gasteiger partial charge is 0.329 e. The van der Waals surface area contributed by atoms with Gasteiger partial charge in [-0.05, 0) is 17.2 Å². The first-order valence-corrected chi connectivity index (χ1v) is 6.82. The highest BCUT2D eigenvalue weighted by Crippen LogP contribution is 2.39. The number of phenols is 1. The summed E-state index contributed by atoms with van der Waals surface area (Å²) < 4.78 is 10.8. The van der Waals surface area contributed by atoms with Crippen molar-refractivity contribution in [3.05, 3.63) is 29.3 Å². The quantitative estimate of drug-likeness (QED) is 0.477. The Morgan fingerprint density at radius 3 is 2.50 bits per heavy atom. The Hall–Kier alpha value is -1.40. The number of phenolic OH excluding ortho intramolecular Hbond substituents is 1. The minimum atomic E-state index is -4.21. The summed E-state index contributed by atoms with van der Waals surface area (Å²) in [5.74, 6) is -1.36. The van der Waals surface area contributed by atoms with Gasteiger partial charge >= 0.3 is 13.6 Å². The normalized spacial score (nSPS) is 13.3. The van der Waals surface area contributed by atoms with E-state index in [1.807, 2.05) is 0 Å². The van der Waals surface area contributed by atoms with Gasteiger partial charge in [-0.15, -0.1) is 0 Å². The number of nitrogens with two attached hydrogens (primary N) is 1. The SMILES string of the molecule is N[C@@H](Cc1cc(CP(=O)(O)O)ccc1O)C(=O)O. The fourth-order valence-corrected chi connectivity index (χ4v) is 2.14. The molecule has 0 aromatic heterocycles. The van der Waals surface area contributed by atoms with Crippen LogP contribution in [0.1, 0.15) is 11.1 Å². The van der Waals surface area contributed by atoms with Gasteiger partial charge in [0.1, 0.15) is 11.8 Å². The molecule has 0 saturated heterocycles. The van der Waals surface area contributed by atoms with Crippen molar-refractivity contribution in [3.63, 3.8) is 0 Å². The van der Waals surface area contributed by atoms with Crippen molar-refractivity contribution >= 4 is 13.6 Å². The first-order valence-electron chi connectivity index (χ1n) is 5.03. The highest BCUT2D eigenvalue weighted by molar-refractivity contribution is 7.50. The third-order valence-corrected chi connectivity index (χ3v) is 3.07. The zero-order valence-corrected chi connectivity index (χ0v) is 10.2. The molecular formula is C10H14NO6P. The zero-order chi connectivity index (χ0) is 13.9. The number of aliphatic carboxylic acids is 1. The summed E-state index contributed by atoms with van der Waals surface area (Å²) in [5.41, 5.74) is 5.89. The topological polar surface area (TPSA) is 141 Å². The monoisotopic (exact) mass is 275 g/mol. The van der Waals surface area contributed by atoms with Crippen molar-refractivity contribution in [2.75, 3.05) is 0 Å². The minimum Gasteiger partial charge on any atom is -0.508 e. The first-order chi connectivity index (χ1) is 8.19. The molecular weight excluding hydrogens is 261 g/mol. The summed E-state index contributed by atoms with van der Waals surface area (Å²) >= 11 is 0. The van der Waals surface area contributed by atoms with Crippen LogP contribution in [0.3, 0.4) is 0 Å². The van der Waals surface area contributed by atoms with E-state index in [2.05, 4.69) is 0 Å². The Labute approximate surface area is 103 Å². The molecule has 0 amide bonds. The number of aromatic hydroxyl groups is 1. The third-order valence-electron chi connectivity index (χ3n) is 2.29. The number of carboxylic acid groups (broad SMARTS) is 1. The molecule has 0 saturated carbocycles. The van der Waals surface area contributed by atoms with Gasteiger partial charge in [-0.25, -0.2) is 0 Å². The Bertz CT molecular complexity index is 497. The molecule has 8 heteroatoms. The second kappa shape index (κ2) is 5.49. The van der Waals surface area contributed by atoms with Gasteiger partial charge in [0, 0.05) is 6.42 Å². The number of rotatable bonds is 5. The molecule has 1 rings (SSSR count). The molecule has 7 nitrogen and oxygen atoms in total. The van der Waals surface area contributed by atoms with E-state index in [1.165, 1.54) is 18.2 Å². The largest absolute Gasteiger partial charge is 0.508 e. The standard InChI is InChI=1S/C10H14NO6P/c11-8(10(13)14)4-7-3-6(1-2-9(7)12)5-18(15,16)17/h1-3,8,12H,4-5,11H2,(H,13,14)(H2,15,16,17)/t8-/m0/s1. The zero-order valence-electron chi connectivity index (χ0n) is 9.35. The van der Waals surface area contributed by atoms with E-state index >= 15 is 0 Å². The maximum Gasteiger partial charge on any atom is 0.329 e. The molecule has 0 fully saturated rings. The number of carboxylic acids is 1. The number of hydrogen-bond donors (Lipinski definition) is 5. The van der Waals surface area contributed by atoms with Crippen molar-refractivity contribution in [2.24, 2.45) is 5.73 Å². The molecule has 0 radical (unpaired) electrons. The predicted octanol–water partition coefficient (Wildman–Crippen LogP) is 0.0243. The van der Waals surface area contributed by atoms with Gasteiger partial charge in [-0.1, -0.05) is 12.1 Å². The number of carbonyl (C=O) groups is 1. The summed E-state index contributed by atoms with van der Waals surface area (Å²) in [5, 5.41) is 18.2. The van der Waals surface area contributed by atoms with E-state index in [0.29, 0.717) is 5.56 Å². The van der Waals surface area contributed by atoms with Crippen LogP contribution in [0.25, 0.3) is 0 Å². The summed E-state index contributed by atoms with van der Waals surface area (Å²) in [7, 11) is -4.21. The molecule has 0 aliphatic carbocycles. The highest BCUT2D eigenvalue weighted by Gasteiger charge is 2.18. The molecule has 6 N–H and O–H groups in total. The van der Waals surface area contributed by atoms with Crippen molar-refractivity contribution in [3.8, 4) is 5.75 Å². The Kier molecular flexibility index (Phi) is 4.48. The Morgan fingerprint density at radius 1 is 1.39 bits per heavy atom. The van der Waals surface area contributed by atoms with E-state index in [9.17, 15) is 14.5 Å². The molecule has 18 heavy (non-hydrogen) atoms. The maximum atomic E-state index is 10.8. The predicted molar refractivity (Wildman–Crippen MR) is 63.2 cm³/mol. The van der Waals surface area contributed by atoms with Crippen molar-refractivity contribution in [1.82, 2.24) is 0 Å². The first kappa shape index (κ1) is 14.7. The van der Waals surface area contributed by atoms with Gasteiger partial charge < -0.3 is 25.7 Å². The van der Waals surface area contributed by atoms with Crippen LogP contribution < -0.4 is 5.73 Å². The average Bonchev–Trinajstić information content (AvgIpc) is 2.20. The van der Waals surface area contributed by atoms with E-state index in [4.69, 9.17) is 20.6 Å². The van der Waals surface area contributed by atoms with Crippen LogP contribution in [0.2, 0.25) is 0 Å².